The molecule has 0 rings (SSSR count). The van der Waals surface area contributed by atoms with E-state index in [0.717, 1.165) is 6.08 Å². The molecule has 0 fully saturated rings. The fourth-order valence-corrected chi connectivity index (χ4v) is 0.0934. The van der Waals surface area contributed by atoms with Crippen LogP contribution in [0.1, 0.15) is 6.92 Å². The molecule has 0 aromatic rings. The molecule has 34 valence electrons. The molecule has 0 bridgehead atoms. The van der Waals surface area contributed by atoms with Crippen LogP contribution in [-0.4, -0.2) is 34.7 Å². The van der Waals surface area contributed by atoms with Gasteiger partial charge in [-0.1, -0.05) is 0 Å². The number of allylic oxidation sites excluding steroid dienone is 2. The van der Waals surface area contributed by atoms with Crippen molar-refractivity contribution in [3.63, 3.8) is 0 Å². The molecular formula is C4H6NNaO. The van der Waals surface area contributed by atoms with E-state index in [1.165, 1.54) is 6.92 Å². The van der Waals surface area contributed by atoms with Crippen LogP contribution >= 0.6 is 0 Å². The molecule has 0 heterocycles. The quantitative estimate of drug-likeness (QED) is 0.275. The van der Waals surface area contributed by atoms with Gasteiger partial charge < -0.3 is 5.11 Å². The number of aliphatic hydroxyl groups is 1. The average Bonchev–Trinajstić information content (AvgIpc) is 1.35. The first-order chi connectivity index (χ1) is 2.77. The predicted octanol–water partition coefficient (Wildman–Crippen LogP) is 0.323. The Labute approximate surface area is 64.7 Å². The van der Waals surface area contributed by atoms with E-state index in [4.69, 9.17) is 10.4 Å². The molecule has 0 aromatic heterocycles. The molecular weight excluding hydrogens is 101 g/mol. The van der Waals surface area contributed by atoms with Crippen LogP contribution in [0.25, 0.3) is 0 Å². The van der Waals surface area contributed by atoms with Crippen molar-refractivity contribution >= 4 is 29.6 Å². The topological polar surface area (TPSA) is 44.0 Å². The fourth-order valence-electron chi connectivity index (χ4n) is 0.0934. The zero-order valence-electron chi connectivity index (χ0n) is 3.47. The van der Waals surface area contributed by atoms with E-state index in [0.29, 0.717) is 0 Å². The molecule has 3 heteroatoms. The minimum absolute atomic E-state index is 0. The molecule has 0 aliphatic rings. The Hall–Kier alpha value is 0.0300. The van der Waals surface area contributed by atoms with Crippen LogP contribution in [0.4, 0.5) is 0 Å². The Morgan fingerprint density at radius 3 is 2.29 bits per heavy atom. The molecule has 2 nitrogen and oxygen atoms in total. The zero-order valence-corrected chi connectivity index (χ0v) is 3.47. The van der Waals surface area contributed by atoms with Gasteiger partial charge >= 0.3 is 29.6 Å². The predicted molar refractivity (Wildman–Crippen MR) is 29.1 cm³/mol. The van der Waals surface area contributed by atoms with Crippen LogP contribution in [-0.2, 0) is 0 Å². The maximum atomic E-state index is 8.19. The Morgan fingerprint density at radius 2 is 2.29 bits per heavy atom. The zero-order chi connectivity index (χ0) is 4.99. The summed E-state index contributed by atoms with van der Waals surface area (Å²) in [6.07, 6.45) is 1.07. The normalized spacial score (nSPS) is 8.86. The molecule has 0 amide bonds. The summed E-state index contributed by atoms with van der Waals surface area (Å²) in [4.78, 5) is 0. The first-order valence-electron chi connectivity index (χ1n) is 1.52. The molecule has 0 radical (unpaired) electrons. The summed E-state index contributed by atoms with van der Waals surface area (Å²) >= 11 is 0. The van der Waals surface area contributed by atoms with Gasteiger partial charge in [-0.15, -0.1) is 0 Å². The van der Waals surface area contributed by atoms with E-state index in [2.05, 4.69) is 0 Å². The molecule has 0 atom stereocenters. The summed E-state index contributed by atoms with van der Waals surface area (Å²) in [6.45, 7) is 1.45. The SMILES string of the molecule is CC(O)=CC#N.[NaH]. The summed E-state index contributed by atoms with van der Waals surface area (Å²) < 4.78 is 0. The van der Waals surface area contributed by atoms with Crippen LogP contribution in [0.15, 0.2) is 11.8 Å². The standard InChI is InChI=1S/C4H5NO.Na.H/c1-4(6)2-3-5;;/h2,6H,1H3;;. The van der Waals surface area contributed by atoms with Crippen LogP contribution in [0.2, 0.25) is 0 Å². The van der Waals surface area contributed by atoms with Gasteiger partial charge in [0, 0.05) is 0 Å². The van der Waals surface area contributed by atoms with Gasteiger partial charge in [-0.2, -0.15) is 5.26 Å². The summed E-state index contributed by atoms with van der Waals surface area (Å²) in [5.41, 5.74) is 0. The van der Waals surface area contributed by atoms with Gasteiger partial charge in [0.05, 0.1) is 17.9 Å². The maximum absolute atomic E-state index is 8.19. The van der Waals surface area contributed by atoms with Crippen LogP contribution < -0.4 is 0 Å². The van der Waals surface area contributed by atoms with Crippen LogP contribution in [0.3, 0.4) is 0 Å². The first-order valence-corrected chi connectivity index (χ1v) is 1.52. The van der Waals surface area contributed by atoms with Gasteiger partial charge in [0.1, 0.15) is 0 Å². The molecule has 0 aliphatic carbocycles. The van der Waals surface area contributed by atoms with Gasteiger partial charge in [-0.25, -0.2) is 0 Å². The Morgan fingerprint density at radius 1 is 1.86 bits per heavy atom. The number of hydrogen-bond acceptors (Lipinski definition) is 2. The average molecular weight is 107 g/mol. The van der Waals surface area contributed by atoms with Crippen LogP contribution in [0, 0.1) is 11.3 Å². The number of hydrogen-bond donors (Lipinski definition) is 1. The number of nitrogens with zero attached hydrogens (tertiary/aromatic N) is 1. The van der Waals surface area contributed by atoms with Gasteiger partial charge in [0.15, 0.2) is 0 Å². The fraction of sp³-hybridized carbons (Fsp3) is 0.250. The summed E-state index contributed by atoms with van der Waals surface area (Å²) in [5.74, 6) is 0.0532. The summed E-state index contributed by atoms with van der Waals surface area (Å²) in [5, 5.41) is 15.9. The van der Waals surface area contributed by atoms with Crippen molar-refractivity contribution < 1.29 is 5.11 Å². The Bertz CT molecular complexity index is 98.7. The van der Waals surface area contributed by atoms with Crippen molar-refractivity contribution in [2.75, 3.05) is 0 Å². The van der Waals surface area contributed by atoms with Gasteiger partial charge in [-0.05, 0) is 6.92 Å². The van der Waals surface area contributed by atoms with Gasteiger partial charge in [-0.3, -0.25) is 0 Å². The van der Waals surface area contributed by atoms with E-state index in [1.54, 1.807) is 6.07 Å². The molecule has 0 saturated carbocycles. The van der Waals surface area contributed by atoms with E-state index in [1.807, 2.05) is 0 Å². The monoisotopic (exact) mass is 107 g/mol. The van der Waals surface area contributed by atoms with Crippen molar-refractivity contribution in [1.82, 2.24) is 0 Å². The minimum atomic E-state index is 0. The molecule has 7 heavy (non-hydrogen) atoms. The number of nitriles is 1. The Balaban J connectivity index is 0. The van der Waals surface area contributed by atoms with Gasteiger partial charge in [0.2, 0.25) is 0 Å². The van der Waals surface area contributed by atoms with Crippen LogP contribution in [0.5, 0.6) is 0 Å². The second kappa shape index (κ2) is 6.03. The van der Waals surface area contributed by atoms with Crippen molar-refractivity contribution in [2.45, 2.75) is 6.92 Å². The van der Waals surface area contributed by atoms with Crippen molar-refractivity contribution in [3.8, 4) is 6.07 Å². The van der Waals surface area contributed by atoms with Crippen molar-refractivity contribution in [3.05, 3.63) is 11.8 Å². The molecule has 1 N–H and O–H groups in total. The first kappa shape index (κ1) is 10.1. The van der Waals surface area contributed by atoms with E-state index in [9.17, 15) is 0 Å². The Kier molecular flexibility index (Phi) is 8.70. The number of aliphatic hydroxyl groups excluding tert-OH is 1. The molecule has 0 saturated heterocycles. The second-order valence-electron chi connectivity index (χ2n) is 0.915. The molecule has 0 unspecified atom stereocenters. The molecule has 0 aliphatic heterocycles. The third kappa shape index (κ3) is 10.7. The van der Waals surface area contributed by atoms with Crippen molar-refractivity contribution in [2.24, 2.45) is 0 Å². The third-order valence-corrected chi connectivity index (χ3v) is 0.273. The third-order valence-electron chi connectivity index (χ3n) is 0.273. The number of rotatable bonds is 0. The van der Waals surface area contributed by atoms with Crippen molar-refractivity contribution in [1.29, 1.82) is 5.26 Å². The molecule has 0 spiro atoms. The summed E-state index contributed by atoms with van der Waals surface area (Å²) in [7, 11) is 0. The van der Waals surface area contributed by atoms with E-state index < -0.39 is 0 Å². The molecule has 0 aromatic carbocycles. The van der Waals surface area contributed by atoms with E-state index in [-0.39, 0.29) is 35.3 Å². The second-order valence-corrected chi connectivity index (χ2v) is 0.915. The van der Waals surface area contributed by atoms with Gasteiger partial charge in [0.25, 0.3) is 0 Å². The summed E-state index contributed by atoms with van der Waals surface area (Å²) in [6, 6.07) is 1.66. The van der Waals surface area contributed by atoms with E-state index >= 15 is 0 Å².